The monoisotopic (exact) mass is 1390 g/mol. The molecule has 4 nitrogen and oxygen atoms in total. The molecule has 110 heavy (non-hydrogen) atoms. The van der Waals surface area contributed by atoms with Crippen molar-refractivity contribution >= 4 is 151 Å². The topological polar surface area (TPSA) is 51.6 Å². The van der Waals surface area contributed by atoms with Gasteiger partial charge in [-0.3, -0.25) is 19.9 Å². The Balaban J connectivity index is 0.000000106. The lowest BCUT2D eigenvalue weighted by Crippen LogP contribution is -1.91. The van der Waals surface area contributed by atoms with Crippen LogP contribution in [0.3, 0.4) is 0 Å². The molecule has 0 aliphatic rings. The summed E-state index contributed by atoms with van der Waals surface area (Å²) < 4.78 is 0. The third kappa shape index (κ3) is 11.0. The molecule has 0 fully saturated rings. The standard InChI is InChI=1S/C40H24N2.C37H23N.C29H19N/c1-2-10-29-25(8-1)17-18-34-39(29)33-14-6-4-12-31(33)36-24-35(30-11-3-5-13-32(30)40(34)36)38-23-28(19-21-42-38)27-16-15-26-9-7-20-41-37(26)22-27;1-2-10-24(11-3-1)27-18-19-38-36(22-27)33-23-35-29-15-7-6-14-28(29)32-20-25-12-4-5-13-26(25)21-34(32)37(35)31-17-9-8-16-30(31)33;1-2-8-20(9-3-1)22-16-17-30-29(18-22)28-19-27-23-11-5-4-10-21(23)14-15-26(27)24-12-6-7-13-25(24)28/h1-24H;1-23H;1-19H. The van der Waals surface area contributed by atoms with E-state index in [1.165, 1.54) is 168 Å². The van der Waals surface area contributed by atoms with Crippen molar-refractivity contribution in [3.05, 3.63) is 401 Å². The molecule has 19 aromatic carbocycles. The van der Waals surface area contributed by atoms with Gasteiger partial charge in [0.2, 0.25) is 0 Å². The van der Waals surface area contributed by atoms with Gasteiger partial charge in [0.05, 0.1) is 22.6 Å². The lowest BCUT2D eigenvalue weighted by Gasteiger charge is -2.17. The van der Waals surface area contributed by atoms with Crippen LogP contribution in [-0.4, -0.2) is 19.9 Å². The molecule has 0 unspecified atom stereocenters. The van der Waals surface area contributed by atoms with Crippen LogP contribution in [0.4, 0.5) is 0 Å². The second-order valence-electron chi connectivity index (χ2n) is 28.6. The van der Waals surface area contributed by atoms with Gasteiger partial charge in [-0.1, -0.05) is 297 Å². The molecule has 23 rings (SSSR count). The average molecular weight is 1400 g/mol. The molecule has 4 aromatic heterocycles. The number of hydrogen-bond acceptors (Lipinski definition) is 4. The minimum Gasteiger partial charge on any atom is -0.256 e. The van der Waals surface area contributed by atoms with Crippen molar-refractivity contribution in [3.63, 3.8) is 0 Å². The first-order valence-electron chi connectivity index (χ1n) is 37.6. The first-order valence-corrected chi connectivity index (χ1v) is 37.6. The number of rotatable bonds is 6. The van der Waals surface area contributed by atoms with E-state index in [4.69, 9.17) is 15.0 Å². The van der Waals surface area contributed by atoms with Gasteiger partial charge in [0.25, 0.3) is 0 Å². The summed E-state index contributed by atoms with van der Waals surface area (Å²) in [6.45, 7) is 0. The minimum atomic E-state index is 0.967. The Morgan fingerprint density at radius 2 is 0.455 bits per heavy atom. The molecule has 0 saturated carbocycles. The van der Waals surface area contributed by atoms with Gasteiger partial charge < -0.3 is 0 Å². The van der Waals surface area contributed by atoms with Crippen molar-refractivity contribution in [2.75, 3.05) is 0 Å². The fourth-order valence-corrected chi connectivity index (χ4v) is 17.4. The van der Waals surface area contributed by atoms with Gasteiger partial charge in [-0.05, 0) is 252 Å². The van der Waals surface area contributed by atoms with Crippen molar-refractivity contribution in [2.45, 2.75) is 0 Å². The van der Waals surface area contributed by atoms with Gasteiger partial charge in [-0.2, -0.15) is 0 Å². The minimum absolute atomic E-state index is 0.967. The molecule has 23 aromatic rings. The Morgan fingerprint density at radius 3 is 1.00 bits per heavy atom. The zero-order chi connectivity index (χ0) is 72.6. The van der Waals surface area contributed by atoms with Crippen LogP contribution in [0.15, 0.2) is 401 Å². The quantitative estimate of drug-likeness (QED) is 0.123. The van der Waals surface area contributed by atoms with E-state index in [2.05, 4.69) is 369 Å². The van der Waals surface area contributed by atoms with Crippen molar-refractivity contribution in [1.82, 2.24) is 19.9 Å². The highest BCUT2D eigenvalue weighted by molar-refractivity contribution is 6.38. The van der Waals surface area contributed by atoms with Crippen LogP contribution in [0.25, 0.3) is 218 Å². The molecule has 510 valence electrons. The molecule has 0 N–H and O–H groups in total. The maximum atomic E-state index is 4.92. The average Bonchev–Trinajstić information content (AvgIpc) is 0.719. The molecule has 0 bridgehead atoms. The van der Waals surface area contributed by atoms with Crippen molar-refractivity contribution in [3.8, 4) is 67.2 Å². The molecule has 0 spiro atoms. The normalized spacial score (nSPS) is 11.6. The maximum Gasteiger partial charge on any atom is 0.0714 e. The maximum absolute atomic E-state index is 4.92. The number of aromatic nitrogens is 4. The smallest absolute Gasteiger partial charge is 0.0714 e. The third-order valence-electron chi connectivity index (χ3n) is 22.5. The first-order chi connectivity index (χ1) is 54.6. The number of nitrogens with zero attached hydrogens (tertiary/aromatic N) is 4. The highest BCUT2D eigenvalue weighted by atomic mass is 14.7. The summed E-state index contributed by atoms with van der Waals surface area (Å²) in [5, 5.41) is 34.2. The van der Waals surface area contributed by atoms with Crippen LogP contribution >= 0.6 is 0 Å². The van der Waals surface area contributed by atoms with Gasteiger partial charge in [0, 0.05) is 46.9 Å². The van der Waals surface area contributed by atoms with Crippen LogP contribution in [0.2, 0.25) is 0 Å². The highest BCUT2D eigenvalue weighted by Gasteiger charge is 2.21. The van der Waals surface area contributed by atoms with Crippen LogP contribution in [0, 0.1) is 0 Å². The van der Waals surface area contributed by atoms with Crippen molar-refractivity contribution < 1.29 is 0 Å². The zero-order valence-corrected chi connectivity index (χ0v) is 59.9. The van der Waals surface area contributed by atoms with Gasteiger partial charge in [0.15, 0.2) is 0 Å². The third-order valence-corrected chi connectivity index (χ3v) is 22.5. The van der Waals surface area contributed by atoms with E-state index < -0.39 is 0 Å². The molecule has 0 aliphatic heterocycles. The molecule has 0 saturated heterocycles. The second kappa shape index (κ2) is 26.8. The highest BCUT2D eigenvalue weighted by Crippen LogP contribution is 2.48. The Kier molecular flexibility index (Phi) is 15.5. The van der Waals surface area contributed by atoms with Gasteiger partial charge in [-0.25, -0.2) is 0 Å². The van der Waals surface area contributed by atoms with E-state index >= 15 is 0 Å². The summed E-state index contributed by atoms with van der Waals surface area (Å²) in [7, 11) is 0. The fourth-order valence-electron chi connectivity index (χ4n) is 17.4. The summed E-state index contributed by atoms with van der Waals surface area (Å²) >= 11 is 0. The zero-order valence-electron chi connectivity index (χ0n) is 59.9. The van der Waals surface area contributed by atoms with E-state index in [-0.39, 0.29) is 0 Å². The number of benzene rings is 19. The second-order valence-corrected chi connectivity index (χ2v) is 28.6. The van der Waals surface area contributed by atoms with Crippen molar-refractivity contribution in [2.24, 2.45) is 0 Å². The van der Waals surface area contributed by atoms with Crippen LogP contribution in [0.1, 0.15) is 0 Å². The van der Waals surface area contributed by atoms with Gasteiger partial charge >= 0.3 is 0 Å². The van der Waals surface area contributed by atoms with E-state index in [0.29, 0.717) is 0 Å². The number of hydrogen-bond donors (Lipinski definition) is 0. The molecule has 0 atom stereocenters. The summed E-state index contributed by atoms with van der Waals surface area (Å²) in [5.41, 5.74) is 14.5. The molecule has 0 amide bonds. The van der Waals surface area contributed by atoms with Crippen LogP contribution in [0.5, 0.6) is 0 Å². The fraction of sp³-hybridized carbons (Fsp3) is 0. The Bertz CT molecular complexity index is 7660. The lowest BCUT2D eigenvalue weighted by molar-refractivity contribution is 1.33. The number of pyridine rings is 4. The summed E-state index contributed by atoms with van der Waals surface area (Å²) in [6.07, 6.45) is 7.63. The van der Waals surface area contributed by atoms with Crippen LogP contribution < -0.4 is 0 Å². The van der Waals surface area contributed by atoms with E-state index in [1.807, 2.05) is 36.9 Å². The van der Waals surface area contributed by atoms with E-state index in [0.717, 1.165) is 50.2 Å². The van der Waals surface area contributed by atoms with Crippen LogP contribution in [-0.2, 0) is 0 Å². The predicted molar refractivity (Wildman–Crippen MR) is 468 cm³/mol. The predicted octanol–water partition coefficient (Wildman–Crippen LogP) is 28.8. The van der Waals surface area contributed by atoms with Gasteiger partial charge in [0.1, 0.15) is 0 Å². The summed E-state index contributed by atoms with van der Waals surface area (Å²) in [6, 6.07) is 135. The van der Waals surface area contributed by atoms with E-state index in [9.17, 15) is 0 Å². The lowest BCUT2D eigenvalue weighted by atomic mass is 9.86. The SMILES string of the molecule is c1ccc(-c2ccnc(-c3cc4c5ccccc5c5cc6ccccc6cc5c4c4ccccc34)c2)cc1.c1ccc(-c2ccnc(-c3cc4c5ccccc5ccc4c4ccccc34)c2)cc1.c1cnc2cc(-c3ccnc(-c4cc5c6ccccc6c6c7ccccc7ccc6c5c5ccccc45)c3)ccc2c1. The van der Waals surface area contributed by atoms with Crippen molar-refractivity contribution in [1.29, 1.82) is 0 Å². The largest absolute Gasteiger partial charge is 0.256 e. The Morgan fingerprint density at radius 1 is 0.136 bits per heavy atom. The summed E-state index contributed by atoms with van der Waals surface area (Å²) in [4.78, 5) is 19.1. The van der Waals surface area contributed by atoms with E-state index in [1.54, 1.807) is 0 Å². The molecule has 4 heteroatoms. The first kappa shape index (κ1) is 63.9. The Labute approximate surface area is 634 Å². The molecular weight excluding hydrogens is 1330 g/mol. The van der Waals surface area contributed by atoms with Gasteiger partial charge in [-0.15, -0.1) is 0 Å². The molecule has 0 radical (unpaired) electrons. The summed E-state index contributed by atoms with van der Waals surface area (Å²) in [5.74, 6) is 0. The Hall–Kier alpha value is -14.6. The molecule has 4 heterocycles. The molecular formula is C106H66N4. The molecule has 0 aliphatic carbocycles. The number of fused-ring (bicyclic) bond motifs is 25.